The van der Waals surface area contributed by atoms with Crippen molar-refractivity contribution < 1.29 is 0 Å². The van der Waals surface area contributed by atoms with Gasteiger partial charge in [0.25, 0.3) is 0 Å². The topological polar surface area (TPSA) is 41.6 Å². The van der Waals surface area contributed by atoms with Crippen LogP contribution in [0.3, 0.4) is 0 Å². The van der Waals surface area contributed by atoms with Gasteiger partial charge in [-0.2, -0.15) is 0 Å². The first-order valence-corrected chi connectivity index (χ1v) is 7.72. The molecule has 0 unspecified atom stereocenters. The minimum atomic E-state index is 0.556. The number of aromatic amines is 1. The average Bonchev–Trinajstić information content (AvgIpc) is 2.85. The zero-order valence-corrected chi connectivity index (χ0v) is 12.6. The quantitative estimate of drug-likeness (QED) is 0.709. The Morgan fingerprint density at radius 2 is 2.10 bits per heavy atom. The lowest BCUT2D eigenvalue weighted by Crippen LogP contribution is -1.95. The van der Waals surface area contributed by atoms with E-state index in [1.165, 1.54) is 11.7 Å². The first-order valence-electron chi connectivity index (χ1n) is 6.53. The lowest BCUT2D eigenvalue weighted by Gasteiger charge is -2.07. The molecule has 0 aliphatic carbocycles. The Kier molecular flexibility index (Phi) is 3.94. The maximum absolute atomic E-state index is 6.18. The summed E-state index contributed by atoms with van der Waals surface area (Å²) in [6.07, 6.45) is 3.43. The minimum absolute atomic E-state index is 0.556. The van der Waals surface area contributed by atoms with E-state index >= 15 is 0 Å². The number of fused-ring (bicyclic) bond motifs is 1. The molecule has 3 aromatic rings. The van der Waals surface area contributed by atoms with E-state index in [1.807, 2.05) is 12.1 Å². The van der Waals surface area contributed by atoms with E-state index in [0.29, 0.717) is 5.15 Å². The summed E-state index contributed by atoms with van der Waals surface area (Å²) in [5.74, 6) is 0. The summed E-state index contributed by atoms with van der Waals surface area (Å²) in [5, 5.41) is 3.75. The van der Waals surface area contributed by atoms with Crippen molar-refractivity contribution in [1.82, 2.24) is 15.0 Å². The van der Waals surface area contributed by atoms with Crippen LogP contribution in [0.4, 0.5) is 0 Å². The normalized spacial score (nSPS) is 11.1. The molecule has 0 fully saturated rings. The van der Waals surface area contributed by atoms with Gasteiger partial charge in [0.05, 0.1) is 5.03 Å². The van der Waals surface area contributed by atoms with Crippen molar-refractivity contribution in [3.8, 4) is 0 Å². The molecule has 20 heavy (non-hydrogen) atoms. The molecule has 0 saturated carbocycles. The maximum atomic E-state index is 6.18. The van der Waals surface area contributed by atoms with Gasteiger partial charge >= 0.3 is 0 Å². The Morgan fingerprint density at radius 1 is 1.25 bits per heavy atom. The van der Waals surface area contributed by atoms with Crippen molar-refractivity contribution >= 4 is 34.3 Å². The SMILES string of the molecule is CCCc1c(Cl)ncnc1Sc1cc2ccccc2[nH]1. The molecule has 3 rings (SSSR count). The number of nitrogens with one attached hydrogen (secondary N) is 1. The average molecular weight is 304 g/mol. The van der Waals surface area contributed by atoms with E-state index in [0.717, 1.165) is 34.0 Å². The number of para-hydroxylation sites is 1. The molecule has 0 radical (unpaired) electrons. The summed E-state index contributed by atoms with van der Waals surface area (Å²) < 4.78 is 0. The van der Waals surface area contributed by atoms with Crippen molar-refractivity contribution in [2.45, 2.75) is 29.8 Å². The van der Waals surface area contributed by atoms with E-state index in [1.54, 1.807) is 11.8 Å². The molecule has 1 aromatic carbocycles. The number of hydrogen-bond acceptors (Lipinski definition) is 3. The summed E-state index contributed by atoms with van der Waals surface area (Å²) >= 11 is 7.78. The Labute approximate surface area is 126 Å². The molecule has 3 nitrogen and oxygen atoms in total. The van der Waals surface area contributed by atoms with Crippen molar-refractivity contribution in [2.75, 3.05) is 0 Å². The summed E-state index contributed by atoms with van der Waals surface area (Å²) in [5.41, 5.74) is 2.16. The summed E-state index contributed by atoms with van der Waals surface area (Å²) in [6, 6.07) is 10.4. The molecule has 0 saturated heterocycles. The number of benzene rings is 1. The molecule has 0 spiro atoms. The number of rotatable bonds is 4. The molecule has 0 bridgehead atoms. The second-order valence-electron chi connectivity index (χ2n) is 4.52. The predicted octanol–water partition coefficient (Wildman–Crippen LogP) is 4.72. The third-order valence-electron chi connectivity index (χ3n) is 3.07. The standard InChI is InChI=1S/C15H14ClN3S/c1-2-5-11-14(16)17-9-18-15(11)20-13-8-10-6-3-4-7-12(10)19-13/h3-4,6-9,19H,2,5H2,1H3. The number of aromatic nitrogens is 3. The molecule has 0 aliphatic heterocycles. The van der Waals surface area contributed by atoms with Crippen LogP contribution >= 0.6 is 23.4 Å². The first kappa shape index (κ1) is 13.5. The van der Waals surface area contributed by atoms with Crippen molar-refractivity contribution in [2.24, 2.45) is 0 Å². The van der Waals surface area contributed by atoms with Gasteiger partial charge in [-0.25, -0.2) is 9.97 Å². The third-order valence-corrected chi connectivity index (χ3v) is 4.38. The zero-order valence-electron chi connectivity index (χ0n) is 11.1. The first-order chi connectivity index (χ1) is 9.78. The van der Waals surface area contributed by atoms with Gasteiger partial charge in [0.1, 0.15) is 16.5 Å². The number of nitrogens with zero attached hydrogens (tertiary/aromatic N) is 2. The maximum Gasteiger partial charge on any atom is 0.136 e. The lowest BCUT2D eigenvalue weighted by atomic mass is 10.2. The second-order valence-corrected chi connectivity index (χ2v) is 5.91. The highest BCUT2D eigenvalue weighted by atomic mass is 35.5. The highest BCUT2D eigenvalue weighted by Gasteiger charge is 2.11. The fraction of sp³-hybridized carbons (Fsp3) is 0.200. The summed E-state index contributed by atoms with van der Waals surface area (Å²) in [7, 11) is 0. The Morgan fingerprint density at radius 3 is 2.90 bits per heavy atom. The van der Waals surface area contributed by atoms with Crippen molar-refractivity contribution in [3.05, 3.63) is 47.4 Å². The van der Waals surface area contributed by atoms with Gasteiger partial charge in [-0.3, -0.25) is 0 Å². The van der Waals surface area contributed by atoms with Crippen LogP contribution in [0.1, 0.15) is 18.9 Å². The largest absolute Gasteiger partial charge is 0.349 e. The Hall–Kier alpha value is -1.52. The van der Waals surface area contributed by atoms with E-state index in [9.17, 15) is 0 Å². The molecular formula is C15H14ClN3S. The Bertz CT molecular complexity index is 706. The fourth-order valence-electron chi connectivity index (χ4n) is 2.13. The predicted molar refractivity (Wildman–Crippen MR) is 83.5 cm³/mol. The van der Waals surface area contributed by atoms with Crippen LogP contribution in [0.25, 0.3) is 10.9 Å². The lowest BCUT2D eigenvalue weighted by molar-refractivity contribution is 0.855. The van der Waals surface area contributed by atoms with Crippen LogP contribution in [0.2, 0.25) is 5.15 Å². The second kappa shape index (κ2) is 5.85. The highest BCUT2D eigenvalue weighted by Crippen LogP contribution is 2.33. The fourth-order valence-corrected chi connectivity index (χ4v) is 3.39. The zero-order chi connectivity index (χ0) is 13.9. The number of H-pyrrole nitrogens is 1. The smallest absolute Gasteiger partial charge is 0.136 e. The van der Waals surface area contributed by atoms with Gasteiger partial charge in [-0.05, 0) is 18.6 Å². The van der Waals surface area contributed by atoms with Gasteiger partial charge < -0.3 is 4.98 Å². The number of hydrogen-bond donors (Lipinski definition) is 1. The Balaban J connectivity index is 1.96. The van der Waals surface area contributed by atoms with Crippen LogP contribution in [0.5, 0.6) is 0 Å². The molecule has 102 valence electrons. The molecule has 0 amide bonds. The summed E-state index contributed by atoms with van der Waals surface area (Å²) in [6.45, 7) is 2.13. The molecule has 1 N–H and O–H groups in total. The highest BCUT2D eigenvalue weighted by molar-refractivity contribution is 7.99. The molecule has 5 heteroatoms. The van der Waals surface area contributed by atoms with E-state index in [4.69, 9.17) is 11.6 Å². The van der Waals surface area contributed by atoms with Crippen LogP contribution in [-0.2, 0) is 6.42 Å². The molecule has 2 heterocycles. The minimum Gasteiger partial charge on any atom is -0.349 e. The van der Waals surface area contributed by atoms with Crippen molar-refractivity contribution in [3.63, 3.8) is 0 Å². The summed E-state index contributed by atoms with van der Waals surface area (Å²) in [4.78, 5) is 11.8. The molecule has 2 aromatic heterocycles. The monoisotopic (exact) mass is 303 g/mol. The van der Waals surface area contributed by atoms with Gasteiger partial charge in [0, 0.05) is 16.5 Å². The van der Waals surface area contributed by atoms with Crippen LogP contribution in [0, 0.1) is 0 Å². The molecule has 0 aliphatic rings. The van der Waals surface area contributed by atoms with E-state index in [2.05, 4.69) is 40.1 Å². The van der Waals surface area contributed by atoms with E-state index in [-0.39, 0.29) is 0 Å². The van der Waals surface area contributed by atoms with Gasteiger partial charge in [0.2, 0.25) is 0 Å². The molecular weight excluding hydrogens is 290 g/mol. The van der Waals surface area contributed by atoms with Gasteiger partial charge in [-0.1, -0.05) is 54.9 Å². The van der Waals surface area contributed by atoms with Crippen molar-refractivity contribution in [1.29, 1.82) is 0 Å². The van der Waals surface area contributed by atoms with Gasteiger partial charge in [-0.15, -0.1) is 0 Å². The van der Waals surface area contributed by atoms with Crippen LogP contribution in [0.15, 0.2) is 46.7 Å². The van der Waals surface area contributed by atoms with Crippen LogP contribution in [-0.4, -0.2) is 15.0 Å². The van der Waals surface area contributed by atoms with Crippen LogP contribution < -0.4 is 0 Å². The van der Waals surface area contributed by atoms with Gasteiger partial charge in [0.15, 0.2) is 0 Å². The molecule has 0 atom stereocenters. The van der Waals surface area contributed by atoms with E-state index < -0.39 is 0 Å². The number of halogens is 1. The third kappa shape index (κ3) is 2.67.